The van der Waals surface area contributed by atoms with Gasteiger partial charge in [-0.05, 0) is 41.3 Å². The number of carboxylic acid groups (broad SMARTS) is 1. The molecule has 0 saturated heterocycles. The van der Waals surface area contributed by atoms with Gasteiger partial charge < -0.3 is 15.2 Å². The molecule has 0 spiro atoms. The Morgan fingerprint density at radius 3 is 2.26 bits per heavy atom. The SMILES string of the molecule is O=C(/C=C/c1ccc(OCc2ccccc2)cc1)NC1(C(=O)O)CC1c1ccccc1. The zero-order valence-corrected chi connectivity index (χ0v) is 16.9. The lowest BCUT2D eigenvalue weighted by Crippen LogP contribution is -2.43. The first-order valence-corrected chi connectivity index (χ1v) is 10.1. The molecule has 1 amide bonds. The fraction of sp³-hybridized carbons (Fsp3) is 0.154. The number of hydrogen-bond acceptors (Lipinski definition) is 3. The van der Waals surface area contributed by atoms with Crippen molar-refractivity contribution < 1.29 is 19.4 Å². The third-order valence-corrected chi connectivity index (χ3v) is 5.45. The summed E-state index contributed by atoms with van der Waals surface area (Å²) >= 11 is 0. The lowest BCUT2D eigenvalue weighted by atomic mass is 10.1. The fourth-order valence-corrected chi connectivity index (χ4v) is 3.63. The van der Waals surface area contributed by atoms with Crippen LogP contribution in [0.5, 0.6) is 5.75 Å². The number of aliphatic carboxylic acids is 1. The van der Waals surface area contributed by atoms with Gasteiger partial charge in [0.15, 0.2) is 0 Å². The van der Waals surface area contributed by atoms with Crippen LogP contribution in [0.4, 0.5) is 0 Å². The van der Waals surface area contributed by atoms with Crippen LogP contribution in [-0.2, 0) is 16.2 Å². The van der Waals surface area contributed by atoms with Gasteiger partial charge in [-0.15, -0.1) is 0 Å². The van der Waals surface area contributed by atoms with Crippen molar-refractivity contribution in [2.45, 2.75) is 24.5 Å². The van der Waals surface area contributed by atoms with Crippen LogP contribution in [0, 0.1) is 0 Å². The molecule has 0 bridgehead atoms. The van der Waals surface area contributed by atoms with E-state index in [0.29, 0.717) is 13.0 Å². The Morgan fingerprint density at radius 1 is 0.968 bits per heavy atom. The smallest absolute Gasteiger partial charge is 0.330 e. The molecule has 0 aromatic heterocycles. The predicted octanol–water partition coefficient (Wildman–Crippen LogP) is 4.41. The minimum Gasteiger partial charge on any atom is -0.489 e. The van der Waals surface area contributed by atoms with E-state index in [2.05, 4.69) is 5.32 Å². The maximum Gasteiger partial charge on any atom is 0.330 e. The summed E-state index contributed by atoms with van der Waals surface area (Å²) in [4.78, 5) is 24.2. The lowest BCUT2D eigenvalue weighted by Gasteiger charge is -2.13. The van der Waals surface area contributed by atoms with Crippen LogP contribution in [-0.4, -0.2) is 22.5 Å². The highest BCUT2D eigenvalue weighted by molar-refractivity contribution is 5.98. The number of amides is 1. The zero-order chi connectivity index (χ0) is 21.7. The topological polar surface area (TPSA) is 75.6 Å². The van der Waals surface area contributed by atoms with Gasteiger partial charge in [-0.1, -0.05) is 72.8 Å². The van der Waals surface area contributed by atoms with Crippen molar-refractivity contribution in [1.29, 1.82) is 0 Å². The molecule has 156 valence electrons. The molecule has 1 aliphatic carbocycles. The van der Waals surface area contributed by atoms with E-state index in [1.54, 1.807) is 6.08 Å². The quantitative estimate of drug-likeness (QED) is 0.537. The Balaban J connectivity index is 1.34. The van der Waals surface area contributed by atoms with Crippen LogP contribution in [0.2, 0.25) is 0 Å². The van der Waals surface area contributed by atoms with Crippen molar-refractivity contribution in [3.8, 4) is 5.75 Å². The third-order valence-electron chi connectivity index (χ3n) is 5.45. The molecule has 0 radical (unpaired) electrons. The maximum atomic E-state index is 12.4. The first kappa shape index (κ1) is 20.4. The lowest BCUT2D eigenvalue weighted by molar-refractivity contribution is -0.142. The van der Waals surface area contributed by atoms with Crippen LogP contribution >= 0.6 is 0 Å². The Hall–Kier alpha value is -3.86. The highest BCUT2D eigenvalue weighted by atomic mass is 16.5. The summed E-state index contributed by atoms with van der Waals surface area (Å²) in [5, 5.41) is 12.4. The van der Waals surface area contributed by atoms with Crippen molar-refractivity contribution in [2.75, 3.05) is 0 Å². The molecule has 2 N–H and O–H groups in total. The van der Waals surface area contributed by atoms with E-state index >= 15 is 0 Å². The van der Waals surface area contributed by atoms with Crippen molar-refractivity contribution in [3.63, 3.8) is 0 Å². The van der Waals surface area contributed by atoms with E-state index < -0.39 is 17.4 Å². The monoisotopic (exact) mass is 413 g/mol. The molecule has 3 aromatic rings. The van der Waals surface area contributed by atoms with Gasteiger partial charge in [-0.3, -0.25) is 4.79 Å². The first-order valence-electron chi connectivity index (χ1n) is 10.1. The second kappa shape index (κ2) is 8.88. The van der Waals surface area contributed by atoms with Crippen LogP contribution in [0.1, 0.15) is 29.0 Å². The summed E-state index contributed by atoms with van der Waals surface area (Å²) in [5.74, 6) is -0.920. The van der Waals surface area contributed by atoms with Crippen molar-refractivity contribution in [3.05, 3.63) is 108 Å². The predicted molar refractivity (Wildman–Crippen MR) is 119 cm³/mol. The number of carboxylic acids is 1. The Kier molecular flexibility index (Phi) is 5.85. The van der Waals surface area contributed by atoms with Crippen LogP contribution in [0.3, 0.4) is 0 Å². The number of benzene rings is 3. The summed E-state index contributed by atoms with van der Waals surface area (Å²) in [6, 6.07) is 26.7. The van der Waals surface area contributed by atoms with E-state index in [1.165, 1.54) is 6.08 Å². The molecule has 5 nitrogen and oxygen atoms in total. The summed E-state index contributed by atoms with van der Waals surface area (Å²) < 4.78 is 5.76. The number of rotatable bonds is 8. The Bertz CT molecular complexity index is 1080. The van der Waals surface area contributed by atoms with Gasteiger partial charge in [0.2, 0.25) is 5.91 Å². The number of hydrogen-bond donors (Lipinski definition) is 2. The number of carbonyl (C=O) groups excluding carboxylic acids is 1. The van der Waals surface area contributed by atoms with Gasteiger partial charge in [-0.25, -0.2) is 4.79 Å². The van der Waals surface area contributed by atoms with Crippen LogP contribution < -0.4 is 10.1 Å². The van der Waals surface area contributed by atoms with Gasteiger partial charge in [-0.2, -0.15) is 0 Å². The second-order valence-electron chi connectivity index (χ2n) is 7.61. The number of nitrogens with one attached hydrogen (secondary N) is 1. The van der Waals surface area contributed by atoms with Gasteiger partial charge in [0.25, 0.3) is 0 Å². The van der Waals surface area contributed by atoms with E-state index in [0.717, 1.165) is 22.4 Å². The second-order valence-corrected chi connectivity index (χ2v) is 7.61. The van der Waals surface area contributed by atoms with Gasteiger partial charge >= 0.3 is 5.97 Å². The molecule has 31 heavy (non-hydrogen) atoms. The minimum absolute atomic E-state index is 0.218. The van der Waals surface area contributed by atoms with Gasteiger partial charge in [0, 0.05) is 12.0 Å². The minimum atomic E-state index is -1.24. The molecule has 3 aromatic carbocycles. The Morgan fingerprint density at radius 2 is 1.61 bits per heavy atom. The molecule has 1 aliphatic rings. The number of ether oxygens (including phenoxy) is 1. The normalized spacial score (nSPS) is 19.7. The van der Waals surface area contributed by atoms with Crippen LogP contribution in [0.15, 0.2) is 91.0 Å². The van der Waals surface area contributed by atoms with Crippen molar-refractivity contribution in [2.24, 2.45) is 0 Å². The van der Waals surface area contributed by atoms with E-state index in [9.17, 15) is 14.7 Å². The Labute approximate surface area is 181 Å². The van der Waals surface area contributed by atoms with Crippen LogP contribution in [0.25, 0.3) is 6.08 Å². The highest BCUT2D eigenvalue weighted by Gasteiger charge is 2.62. The van der Waals surface area contributed by atoms with E-state index in [1.807, 2.05) is 84.9 Å². The molecule has 1 fully saturated rings. The zero-order valence-electron chi connectivity index (χ0n) is 16.9. The highest BCUT2D eigenvalue weighted by Crippen LogP contribution is 2.51. The standard InChI is InChI=1S/C26H23NO4/c28-24(27-26(25(29)30)17-23(26)21-9-5-2-6-10-21)16-13-19-11-14-22(15-12-19)31-18-20-7-3-1-4-8-20/h1-16,23H,17-18H2,(H,27,28)(H,29,30)/b16-13+. The summed E-state index contributed by atoms with van der Waals surface area (Å²) in [5.41, 5.74) is 1.59. The van der Waals surface area contributed by atoms with Gasteiger partial charge in [0.05, 0.1) is 0 Å². The molecule has 5 heteroatoms. The summed E-state index contributed by atoms with van der Waals surface area (Å²) in [7, 11) is 0. The van der Waals surface area contributed by atoms with Gasteiger partial charge in [0.1, 0.15) is 17.9 Å². The maximum absolute atomic E-state index is 12.4. The summed E-state index contributed by atoms with van der Waals surface area (Å²) in [6.45, 7) is 0.484. The largest absolute Gasteiger partial charge is 0.489 e. The average Bonchev–Trinajstić information content (AvgIpc) is 3.54. The molecule has 2 unspecified atom stereocenters. The summed E-state index contributed by atoms with van der Waals surface area (Å²) in [6.07, 6.45) is 3.41. The van der Waals surface area contributed by atoms with E-state index in [4.69, 9.17) is 4.74 Å². The first-order chi connectivity index (χ1) is 15.1. The molecule has 0 aliphatic heterocycles. The van der Waals surface area contributed by atoms with E-state index in [-0.39, 0.29) is 5.92 Å². The molecular weight excluding hydrogens is 390 g/mol. The number of carbonyl (C=O) groups is 2. The molecule has 4 rings (SSSR count). The van der Waals surface area contributed by atoms with Crippen molar-refractivity contribution >= 4 is 18.0 Å². The average molecular weight is 413 g/mol. The molecule has 2 atom stereocenters. The third kappa shape index (κ3) is 4.83. The molecule has 0 heterocycles. The molecule has 1 saturated carbocycles. The van der Waals surface area contributed by atoms with Crippen molar-refractivity contribution in [1.82, 2.24) is 5.32 Å². The fourth-order valence-electron chi connectivity index (χ4n) is 3.63. The molecular formula is C26H23NO4.